The van der Waals surface area contributed by atoms with Crippen LogP contribution in [-0.2, 0) is 0 Å². The van der Waals surface area contributed by atoms with E-state index in [2.05, 4.69) is 4.52 Å². The van der Waals surface area contributed by atoms with Gasteiger partial charge in [0, 0.05) is 0 Å². The molecule has 0 aliphatic heterocycles. The van der Waals surface area contributed by atoms with E-state index in [1.54, 1.807) is 30.3 Å². The first-order valence-electron chi connectivity index (χ1n) is 3.27. The Morgan fingerprint density at radius 1 is 1.30 bits per heavy atom. The molecule has 4 heteroatoms. The predicted octanol–water partition coefficient (Wildman–Crippen LogP) is 0.741. The van der Waals surface area contributed by atoms with Gasteiger partial charge in [-0.1, -0.05) is 0 Å². The molecule has 0 spiro atoms. The molecule has 0 aliphatic rings. The van der Waals surface area contributed by atoms with Gasteiger partial charge in [0.05, 0.1) is 0 Å². The second-order valence-corrected chi connectivity index (χ2v) is 2.47. The molecule has 0 aliphatic carbocycles. The summed E-state index contributed by atoms with van der Waals surface area (Å²) < 4.78 is 11.2. The van der Waals surface area contributed by atoms with Gasteiger partial charge in [0.2, 0.25) is 0 Å². The average molecular weight is 161 g/mol. The van der Waals surface area contributed by atoms with Crippen molar-refractivity contribution in [2.45, 2.75) is 0 Å². The summed E-state index contributed by atoms with van der Waals surface area (Å²) in [5.74, 6) is 0.305. The van der Waals surface area contributed by atoms with Crippen LogP contribution in [0.1, 0.15) is 0 Å². The molecule has 0 unspecified atom stereocenters. The van der Waals surface area contributed by atoms with Gasteiger partial charge in [-0.25, -0.2) is 0 Å². The van der Waals surface area contributed by atoms with Crippen LogP contribution in [0.5, 0.6) is 5.75 Å². The average Bonchev–Trinajstić information content (AvgIpc) is 1.85. The first-order valence-corrected chi connectivity index (χ1v) is 4.07. The van der Waals surface area contributed by atoms with E-state index in [0.717, 1.165) is 0 Å². The molecular weight excluding hydrogens is 151 g/mol. The summed E-state index contributed by atoms with van der Waals surface area (Å²) in [5, 5.41) is 0. The molecule has 0 saturated heterocycles. The number of hydrogen-bond donors (Lipinski definition) is 2. The number of para-hydroxylation sites is 1. The quantitative estimate of drug-likeness (QED) is 0.629. The van der Waals surface area contributed by atoms with Gasteiger partial charge in [-0.3, -0.25) is 0 Å². The van der Waals surface area contributed by atoms with Crippen LogP contribution in [0.25, 0.3) is 0 Å². The van der Waals surface area contributed by atoms with Crippen LogP contribution in [0.4, 0.5) is 0 Å². The maximum absolute atomic E-state index is 8.61. The van der Waals surface area contributed by atoms with Crippen molar-refractivity contribution >= 4 is 8.55 Å². The normalized spacial score (nSPS) is 14.0. The van der Waals surface area contributed by atoms with Gasteiger partial charge in [-0.05, 0) is 0 Å². The summed E-state index contributed by atoms with van der Waals surface area (Å²) in [6, 6.07) is 8.27. The van der Waals surface area contributed by atoms with Crippen LogP contribution in [-0.4, -0.2) is 11.1 Å². The summed E-state index contributed by atoms with van der Waals surface area (Å²) in [5.41, 5.74) is 0. The van der Waals surface area contributed by atoms with E-state index in [1.165, 1.54) is 0 Å². The number of rotatable bonds is 2. The van der Waals surface area contributed by atoms with Crippen molar-refractivity contribution in [3.63, 3.8) is 0 Å². The van der Waals surface area contributed by atoms with Crippen molar-refractivity contribution in [3.8, 4) is 5.75 Å². The van der Waals surface area contributed by atoms with Gasteiger partial charge < -0.3 is 0 Å². The number of benzene rings is 1. The van der Waals surface area contributed by atoms with Gasteiger partial charge in [-0.2, -0.15) is 0 Å². The summed E-state index contributed by atoms with van der Waals surface area (Å²) in [7, 11) is -4.15. The van der Waals surface area contributed by atoms with Crippen LogP contribution in [0.2, 0.25) is 0 Å². The monoisotopic (exact) mass is 161 g/mol. The molecule has 0 aromatic heterocycles. The van der Waals surface area contributed by atoms with E-state index >= 15 is 0 Å². The molecule has 0 bridgehead atoms. The first-order chi connectivity index (χ1) is 5.08. The SMILES string of the molecule is [2H][PH](O)(O)Oc1ccccc1. The molecule has 0 heterocycles. The molecule has 0 amide bonds. The fourth-order valence-corrected chi connectivity index (χ4v) is 0.941. The zero-order valence-corrected chi connectivity index (χ0v) is 6.19. The van der Waals surface area contributed by atoms with E-state index in [-0.39, 0.29) is 0 Å². The van der Waals surface area contributed by atoms with Gasteiger partial charge in [0.15, 0.2) is 0 Å². The maximum atomic E-state index is 8.61. The Hall–Kier alpha value is -0.630. The van der Waals surface area contributed by atoms with E-state index < -0.39 is 8.55 Å². The molecule has 0 atom stereocenters. The third-order valence-corrected chi connectivity index (χ3v) is 1.37. The van der Waals surface area contributed by atoms with E-state index in [0.29, 0.717) is 5.75 Å². The Kier molecular flexibility index (Phi) is 2.15. The summed E-state index contributed by atoms with van der Waals surface area (Å²) in [6.07, 6.45) is 0. The molecular formula is C6H9O3P. The third kappa shape index (κ3) is 2.31. The van der Waals surface area contributed by atoms with Gasteiger partial charge >= 0.3 is 60.2 Å². The molecule has 1 aromatic rings. The molecule has 0 radical (unpaired) electrons. The zero-order chi connectivity index (χ0) is 8.32. The zero-order valence-electron chi connectivity index (χ0n) is 6.19. The molecule has 2 N–H and O–H groups in total. The van der Waals surface area contributed by atoms with E-state index in [4.69, 9.17) is 11.1 Å². The van der Waals surface area contributed by atoms with Crippen molar-refractivity contribution < 1.29 is 14.3 Å². The minimum atomic E-state index is -4.15. The fourth-order valence-electron chi connectivity index (χ4n) is 0.594. The Labute approximate surface area is 61.2 Å². The number of hydrogen-bond acceptors (Lipinski definition) is 3. The summed E-state index contributed by atoms with van der Waals surface area (Å²) in [6.45, 7) is 0. The van der Waals surface area contributed by atoms with Crippen molar-refractivity contribution in [1.29, 1.82) is 1.28 Å². The molecule has 3 nitrogen and oxygen atoms in total. The summed E-state index contributed by atoms with van der Waals surface area (Å²) >= 11 is 0. The Balaban J connectivity index is 2.66. The van der Waals surface area contributed by atoms with Crippen molar-refractivity contribution in [3.05, 3.63) is 30.3 Å². The molecule has 1 rings (SSSR count). The Bertz CT molecular complexity index is 221. The topological polar surface area (TPSA) is 49.7 Å². The van der Waals surface area contributed by atoms with Gasteiger partial charge in [-0.15, -0.1) is 0 Å². The standard InChI is InChI=1S/C6H9O3P/c7-10(8)9-6-4-2-1-3-5-6/h1-5,7-8H,10H2/i10D. The molecule has 1 aromatic carbocycles. The van der Waals surface area contributed by atoms with Crippen LogP contribution >= 0.6 is 8.55 Å². The van der Waals surface area contributed by atoms with Gasteiger partial charge in [0.1, 0.15) is 0 Å². The summed E-state index contributed by atoms with van der Waals surface area (Å²) in [4.78, 5) is 17.2. The Morgan fingerprint density at radius 2 is 1.90 bits per heavy atom. The van der Waals surface area contributed by atoms with Gasteiger partial charge in [0.25, 0.3) is 0 Å². The molecule has 56 valence electrons. The molecule has 0 saturated carbocycles. The third-order valence-electron chi connectivity index (χ3n) is 0.952. The van der Waals surface area contributed by atoms with E-state index in [1.807, 2.05) is 0 Å². The second kappa shape index (κ2) is 3.52. The Morgan fingerprint density at radius 3 is 2.40 bits per heavy atom. The predicted molar refractivity (Wildman–Crippen MR) is 41.2 cm³/mol. The van der Waals surface area contributed by atoms with Crippen LogP contribution in [0.3, 0.4) is 0 Å². The minimum absolute atomic E-state index is 0.305. The van der Waals surface area contributed by atoms with Crippen LogP contribution < -0.4 is 4.52 Å². The first kappa shape index (κ1) is 6.10. The van der Waals surface area contributed by atoms with Crippen molar-refractivity contribution in [2.24, 2.45) is 0 Å². The van der Waals surface area contributed by atoms with Crippen molar-refractivity contribution in [1.82, 2.24) is 0 Å². The van der Waals surface area contributed by atoms with Crippen LogP contribution in [0, 0.1) is 0 Å². The molecule has 0 fully saturated rings. The second-order valence-electron chi connectivity index (χ2n) is 1.70. The van der Waals surface area contributed by atoms with Crippen molar-refractivity contribution in [2.75, 3.05) is 0 Å². The fraction of sp³-hybridized carbons (Fsp3) is 0. The van der Waals surface area contributed by atoms with E-state index in [9.17, 15) is 0 Å². The molecule has 10 heavy (non-hydrogen) atoms. The van der Waals surface area contributed by atoms with Crippen LogP contribution in [0.15, 0.2) is 30.3 Å².